The third-order valence-electron chi connectivity index (χ3n) is 5.51. The van der Waals surface area contributed by atoms with Crippen LogP contribution in [-0.4, -0.2) is 53.2 Å². The molecule has 1 heterocycles. The van der Waals surface area contributed by atoms with E-state index < -0.39 is 29.9 Å². The molecule has 0 aliphatic carbocycles. The van der Waals surface area contributed by atoms with Crippen LogP contribution in [-0.2, 0) is 27.6 Å². The van der Waals surface area contributed by atoms with Gasteiger partial charge in [-0.15, -0.1) is 0 Å². The molecule has 2 aromatic carbocycles. The number of carbonyl (C=O) groups is 3. The Kier molecular flexibility index (Phi) is 8.53. The fourth-order valence-corrected chi connectivity index (χ4v) is 3.58. The molecule has 1 aliphatic rings. The zero-order chi connectivity index (χ0) is 23.7. The number of nitrogens with two attached hydrogens (primary N) is 1. The molecule has 176 valence electrons. The molecule has 1 fully saturated rings. The molecular formula is C24H29N3O6. The van der Waals surface area contributed by atoms with Crippen LogP contribution >= 0.6 is 0 Å². The first kappa shape index (κ1) is 24.4. The van der Waals surface area contributed by atoms with Gasteiger partial charge in [0.25, 0.3) is 0 Å². The number of ether oxygens (including phenoxy) is 1. The SMILES string of the molecule is NCC(NC(=O)OCc1ccccc1)(C(=O)O)C(=O)c1cccc(CON2CCCCC2)c1. The number of hydroxylamine groups is 2. The minimum absolute atomic E-state index is 0.0789. The van der Waals surface area contributed by atoms with E-state index in [1.165, 1.54) is 12.5 Å². The number of rotatable bonds is 10. The summed E-state index contributed by atoms with van der Waals surface area (Å²) in [5, 5.41) is 13.9. The van der Waals surface area contributed by atoms with E-state index >= 15 is 0 Å². The normalized spacial score (nSPS) is 15.9. The fraction of sp³-hybridized carbons (Fsp3) is 0.375. The lowest BCUT2D eigenvalue weighted by Crippen LogP contribution is -2.64. The third-order valence-corrected chi connectivity index (χ3v) is 5.51. The highest BCUT2D eigenvalue weighted by Crippen LogP contribution is 2.18. The topological polar surface area (TPSA) is 131 Å². The second kappa shape index (κ2) is 11.6. The Labute approximate surface area is 192 Å². The molecule has 4 N–H and O–H groups in total. The maximum absolute atomic E-state index is 13.2. The molecule has 0 radical (unpaired) electrons. The number of carboxylic acids is 1. The Morgan fingerprint density at radius 3 is 2.33 bits per heavy atom. The van der Waals surface area contributed by atoms with Crippen molar-refractivity contribution in [3.63, 3.8) is 0 Å². The molecule has 0 bridgehead atoms. The van der Waals surface area contributed by atoms with Crippen LogP contribution in [0.4, 0.5) is 4.79 Å². The Hall–Kier alpha value is -3.27. The van der Waals surface area contributed by atoms with E-state index in [1.54, 1.807) is 42.5 Å². The number of alkyl carbamates (subject to hydrolysis) is 1. The molecule has 1 amide bonds. The first-order valence-corrected chi connectivity index (χ1v) is 10.9. The molecule has 0 aromatic heterocycles. The second-order valence-corrected chi connectivity index (χ2v) is 7.89. The largest absolute Gasteiger partial charge is 0.479 e. The number of nitrogens with zero attached hydrogens (tertiary/aromatic N) is 1. The van der Waals surface area contributed by atoms with E-state index in [9.17, 15) is 19.5 Å². The molecule has 1 saturated heterocycles. The summed E-state index contributed by atoms with van der Waals surface area (Å²) in [4.78, 5) is 43.5. The van der Waals surface area contributed by atoms with Gasteiger partial charge >= 0.3 is 12.1 Å². The van der Waals surface area contributed by atoms with E-state index in [0.29, 0.717) is 11.1 Å². The van der Waals surface area contributed by atoms with Crippen LogP contribution in [0.1, 0.15) is 40.7 Å². The highest BCUT2D eigenvalue weighted by molar-refractivity contribution is 6.17. The lowest BCUT2D eigenvalue weighted by Gasteiger charge is -2.27. The number of amides is 1. The van der Waals surface area contributed by atoms with Crippen LogP contribution in [0.3, 0.4) is 0 Å². The zero-order valence-corrected chi connectivity index (χ0v) is 18.4. The Balaban J connectivity index is 1.70. The summed E-state index contributed by atoms with van der Waals surface area (Å²) in [7, 11) is 0. The monoisotopic (exact) mass is 455 g/mol. The van der Waals surface area contributed by atoms with Crippen LogP contribution in [0.5, 0.6) is 0 Å². The average molecular weight is 456 g/mol. The molecule has 1 atom stereocenters. The zero-order valence-electron chi connectivity index (χ0n) is 18.4. The lowest BCUT2D eigenvalue weighted by atomic mass is 9.88. The van der Waals surface area contributed by atoms with Crippen molar-refractivity contribution >= 4 is 17.8 Å². The number of carboxylic acid groups (broad SMARTS) is 1. The quantitative estimate of drug-likeness (QED) is 0.368. The molecule has 9 nitrogen and oxygen atoms in total. The summed E-state index contributed by atoms with van der Waals surface area (Å²) in [6.07, 6.45) is 2.27. The summed E-state index contributed by atoms with van der Waals surface area (Å²) >= 11 is 0. The number of piperidine rings is 1. The van der Waals surface area contributed by atoms with Crippen molar-refractivity contribution in [2.75, 3.05) is 19.6 Å². The van der Waals surface area contributed by atoms with E-state index in [2.05, 4.69) is 5.32 Å². The van der Waals surface area contributed by atoms with Gasteiger partial charge in [-0.05, 0) is 30.0 Å². The lowest BCUT2D eigenvalue weighted by molar-refractivity contribution is -0.178. The van der Waals surface area contributed by atoms with Gasteiger partial charge in [0.2, 0.25) is 11.3 Å². The third kappa shape index (κ3) is 6.38. The maximum Gasteiger partial charge on any atom is 0.408 e. The Bertz CT molecular complexity index is 962. The van der Waals surface area contributed by atoms with Crippen molar-refractivity contribution in [3.05, 3.63) is 71.3 Å². The van der Waals surface area contributed by atoms with Gasteiger partial charge in [0, 0.05) is 25.2 Å². The number of nitrogens with one attached hydrogen (secondary N) is 1. The van der Waals surface area contributed by atoms with Gasteiger partial charge in [-0.1, -0.05) is 55.0 Å². The summed E-state index contributed by atoms with van der Waals surface area (Å²) in [6.45, 7) is 1.22. The van der Waals surface area contributed by atoms with Gasteiger partial charge in [-0.3, -0.25) is 14.9 Å². The van der Waals surface area contributed by atoms with Crippen LogP contribution in [0.15, 0.2) is 54.6 Å². The van der Waals surface area contributed by atoms with Crippen molar-refractivity contribution in [1.82, 2.24) is 10.4 Å². The minimum atomic E-state index is -2.36. The Morgan fingerprint density at radius 1 is 0.970 bits per heavy atom. The molecule has 0 spiro atoms. The predicted molar refractivity (Wildman–Crippen MR) is 120 cm³/mol. The number of benzene rings is 2. The van der Waals surface area contributed by atoms with Crippen molar-refractivity contribution in [2.24, 2.45) is 5.73 Å². The Morgan fingerprint density at radius 2 is 1.67 bits per heavy atom. The molecule has 0 saturated carbocycles. The number of hydrogen-bond donors (Lipinski definition) is 3. The van der Waals surface area contributed by atoms with Crippen molar-refractivity contribution in [3.8, 4) is 0 Å². The van der Waals surface area contributed by atoms with E-state index in [4.69, 9.17) is 15.3 Å². The van der Waals surface area contributed by atoms with Crippen LogP contribution in [0, 0.1) is 0 Å². The summed E-state index contributed by atoms with van der Waals surface area (Å²) in [5.41, 5.74) is 4.86. The minimum Gasteiger partial charge on any atom is -0.479 e. The van der Waals surface area contributed by atoms with Gasteiger partial charge in [-0.2, -0.15) is 5.06 Å². The second-order valence-electron chi connectivity index (χ2n) is 7.89. The highest BCUT2D eigenvalue weighted by Gasteiger charge is 2.47. The van der Waals surface area contributed by atoms with Crippen molar-refractivity contribution in [1.29, 1.82) is 0 Å². The van der Waals surface area contributed by atoms with Crippen LogP contribution in [0.2, 0.25) is 0 Å². The number of ketones is 1. The van der Waals surface area contributed by atoms with Gasteiger partial charge in [0.15, 0.2) is 0 Å². The molecule has 3 rings (SSSR count). The summed E-state index contributed by atoms with van der Waals surface area (Å²) in [5.74, 6) is -2.41. The number of aliphatic carboxylic acids is 1. The molecular weight excluding hydrogens is 426 g/mol. The van der Waals surface area contributed by atoms with Gasteiger partial charge < -0.3 is 15.6 Å². The molecule has 2 aromatic rings. The summed E-state index contributed by atoms with van der Waals surface area (Å²) in [6, 6.07) is 15.3. The number of hydrogen-bond acceptors (Lipinski definition) is 7. The number of carbonyl (C=O) groups excluding carboxylic acids is 2. The van der Waals surface area contributed by atoms with Crippen molar-refractivity contribution in [2.45, 2.75) is 38.0 Å². The first-order valence-electron chi connectivity index (χ1n) is 10.9. The van der Waals surface area contributed by atoms with E-state index in [-0.39, 0.29) is 18.8 Å². The van der Waals surface area contributed by atoms with Crippen LogP contribution in [0.25, 0.3) is 0 Å². The molecule has 1 aliphatic heterocycles. The fourth-order valence-electron chi connectivity index (χ4n) is 3.58. The van der Waals surface area contributed by atoms with Gasteiger partial charge in [0.05, 0.1) is 6.61 Å². The average Bonchev–Trinajstić information content (AvgIpc) is 2.85. The molecule has 33 heavy (non-hydrogen) atoms. The maximum atomic E-state index is 13.2. The van der Waals surface area contributed by atoms with E-state index in [0.717, 1.165) is 25.9 Å². The number of Topliss-reactive ketones (excluding diaryl/α,β-unsaturated/α-hetero) is 1. The first-order chi connectivity index (χ1) is 15.9. The van der Waals surface area contributed by atoms with E-state index in [1.807, 2.05) is 11.1 Å². The molecule has 9 heteroatoms. The van der Waals surface area contributed by atoms with Gasteiger partial charge in [0.1, 0.15) is 6.61 Å². The predicted octanol–water partition coefficient (Wildman–Crippen LogP) is 2.50. The van der Waals surface area contributed by atoms with Crippen molar-refractivity contribution < 1.29 is 29.1 Å². The standard InChI is InChI=1S/C24H29N3O6/c25-17-24(22(29)30,26-23(31)32-15-18-8-3-1-4-9-18)21(28)20-11-7-10-19(14-20)16-33-27-12-5-2-6-13-27/h1,3-4,7-11,14H,2,5-6,12-13,15-17,25H2,(H,26,31)(H,29,30). The summed E-state index contributed by atoms with van der Waals surface area (Å²) < 4.78 is 5.10. The van der Waals surface area contributed by atoms with Crippen LogP contribution < -0.4 is 11.1 Å². The molecule has 1 unspecified atom stereocenters. The highest BCUT2D eigenvalue weighted by atomic mass is 16.7. The van der Waals surface area contributed by atoms with Gasteiger partial charge in [-0.25, -0.2) is 9.59 Å². The smallest absolute Gasteiger partial charge is 0.408 e.